The van der Waals surface area contributed by atoms with Crippen LogP contribution in [-0.4, -0.2) is 63.7 Å². The molecule has 0 bridgehead atoms. The van der Waals surface area contributed by atoms with E-state index in [1.54, 1.807) is 6.92 Å². The van der Waals surface area contributed by atoms with Gasteiger partial charge in [-0.3, -0.25) is 0 Å². The molecule has 15 heavy (non-hydrogen) atoms. The quantitative estimate of drug-likeness (QED) is 0.432. The molecule has 5 atom stereocenters. The zero-order valence-electron chi connectivity index (χ0n) is 8.11. The first-order valence-electron chi connectivity index (χ1n) is 4.53. The van der Waals surface area contributed by atoms with Crippen LogP contribution in [0.4, 0.5) is 0 Å². The molecule has 88 valence electrons. The van der Waals surface area contributed by atoms with Crippen molar-refractivity contribution in [1.82, 2.24) is 0 Å². The summed E-state index contributed by atoms with van der Waals surface area (Å²) in [5.41, 5.74) is 0. The van der Waals surface area contributed by atoms with Crippen LogP contribution in [0.2, 0.25) is 0 Å². The third-order valence-electron chi connectivity index (χ3n) is 2.14. The maximum Gasteiger partial charge on any atom is 0.335 e. The number of rotatable bonds is 3. The molecule has 0 radical (unpaired) electrons. The van der Waals surface area contributed by atoms with Crippen LogP contribution >= 0.6 is 0 Å². The highest BCUT2D eigenvalue weighted by Crippen LogP contribution is 2.22. The molecule has 1 saturated heterocycles. The molecule has 1 aliphatic heterocycles. The van der Waals surface area contributed by atoms with E-state index < -0.39 is 36.7 Å². The summed E-state index contributed by atoms with van der Waals surface area (Å²) in [7, 11) is 0. The van der Waals surface area contributed by atoms with Crippen LogP contribution in [0.15, 0.2) is 0 Å². The van der Waals surface area contributed by atoms with Crippen LogP contribution < -0.4 is 0 Å². The maximum atomic E-state index is 10.6. The maximum absolute atomic E-state index is 10.6. The molecule has 1 fully saturated rings. The van der Waals surface area contributed by atoms with E-state index >= 15 is 0 Å². The first-order chi connectivity index (χ1) is 6.99. The number of aliphatic hydroxyl groups excluding tert-OH is 3. The van der Waals surface area contributed by atoms with E-state index in [2.05, 4.69) is 0 Å². The topological polar surface area (TPSA) is 116 Å². The van der Waals surface area contributed by atoms with Crippen molar-refractivity contribution in [2.45, 2.75) is 37.6 Å². The highest BCUT2D eigenvalue weighted by Gasteiger charge is 2.47. The van der Waals surface area contributed by atoms with Gasteiger partial charge in [-0.15, -0.1) is 0 Å². The molecular weight excluding hydrogens is 208 g/mol. The Balaban J connectivity index is 2.75. The Morgan fingerprint density at radius 3 is 2.33 bits per heavy atom. The molecule has 0 amide bonds. The molecule has 1 unspecified atom stereocenters. The van der Waals surface area contributed by atoms with Gasteiger partial charge in [0, 0.05) is 6.61 Å². The first kappa shape index (κ1) is 12.3. The van der Waals surface area contributed by atoms with Crippen LogP contribution in [0.25, 0.3) is 0 Å². The van der Waals surface area contributed by atoms with Crippen molar-refractivity contribution < 1.29 is 34.7 Å². The summed E-state index contributed by atoms with van der Waals surface area (Å²) in [5, 5.41) is 36.7. The van der Waals surface area contributed by atoms with Crippen molar-refractivity contribution >= 4 is 5.97 Å². The van der Waals surface area contributed by atoms with Gasteiger partial charge in [-0.1, -0.05) is 0 Å². The molecule has 0 aromatic carbocycles. The molecule has 7 heteroatoms. The SMILES string of the molecule is CCOC1O[C@H](C(=O)O)[C@H](O)[C@H](O)[C@H]1O. The third kappa shape index (κ3) is 2.44. The number of ether oxygens (including phenoxy) is 2. The van der Waals surface area contributed by atoms with Crippen LogP contribution in [0.3, 0.4) is 0 Å². The molecule has 0 aromatic heterocycles. The Bertz CT molecular complexity index is 231. The Morgan fingerprint density at radius 1 is 1.27 bits per heavy atom. The van der Waals surface area contributed by atoms with E-state index in [1.165, 1.54) is 0 Å². The smallest absolute Gasteiger partial charge is 0.335 e. The fourth-order valence-electron chi connectivity index (χ4n) is 1.35. The van der Waals surface area contributed by atoms with Gasteiger partial charge in [0.2, 0.25) is 0 Å². The molecule has 1 rings (SSSR count). The Kier molecular flexibility index (Phi) is 4.00. The van der Waals surface area contributed by atoms with Crippen molar-refractivity contribution in [2.24, 2.45) is 0 Å². The molecule has 0 spiro atoms. The summed E-state index contributed by atoms with van der Waals surface area (Å²) in [6, 6.07) is 0. The second-order valence-electron chi connectivity index (χ2n) is 3.19. The lowest BCUT2D eigenvalue weighted by Gasteiger charge is -2.38. The summed E-state index contributed by atoms with van der Waals surface area (Å²) in [4.78, 5) is 10.6. The van der Waals surface area contributed by atoms with Crippen molar-refractivity contribution in [3.05, 3.63) is 0 Å². The molecule has 1 heterocycles. The van der Waals surface area contributed by atoms with E-state index in [-0.39, 0.29) is 6.61 Å². The van der Waals surface area contributed by atoms with Gasteiger partial charge < -0.3 is 29.9 Å². The predicted molar refractivity (Wildman–Crippen MR) is 45.9 cm³/mol. The van der Waals surface area contributed by atoms with Crippen LogP contribution in [-0.2, 0) is 14.3 Å². The minimum absolute atomic E-state index is 0.191. The first-order valence-corrected chi connectivity index (χ1v) is 4.53. The summed E-state index contributed by atoms with van der Waals surface area (Å²) >= 11 is 0. The minimum Gasteiger partial charge on any atom is -0.479 e. The minimum atomic E-state index is -1.67. The summed E-state index contributed by atoms with van der Waals surface area (Å²) in [6.45, 7) is 1.82. The average molecular weight is 222 g/mol. The standard InChI is InChI=1S/C8H14O7/c1-2-14-8-5(11)3(9)4(10)6(15-8)7(12)13/h3-6,8-11H,2H2,1H3,(H,12,13)/t3-,4+,5+,6-,8?/m0/s1. The second-order valence-corrected chi connectivity index (χ2v) is 3.19. The Labute approximate surface area is 85.9 Å². The zero-order valence-corrected chi connectivity index (χ0v) is 8.11. The van der Waals surface area contributed by atoms with E-state index in [9.17, 15) is 20.1 Å². The number of carboxylic acid groups (broad SMARTS) is 1. The molecule has 4 N–H and O–H groups in total. The lowest BCUT2D eigenvalue weighted by atomic mass is 9.99. The molecule has 7 nitrogen and oxygen atoms in total. The fourth-order valence-corrected chi connectivity index (χ4v) is 1.35. The molecule has 0 aromatic rings. The van der Waals surface area contributed by atoms with Gasteiger partial charge in [0.25, 0.3) is 0 Å². The summed E-state index contributed by atoms with van der Waals surface area (Å²) in [5.74, 6) is -1.42. The number of carboxylic acids is 1. The lowest BCUT2D eigenvalue weighted by Crippen LogP contribution is -2.60. The highest BCUT2D eigenvalue weighted by molar-refractivity contribution is 5.73. The molecular formula is C8H14O7. The van der Waals surface area contributed by atoms with Gasteiger partial charge in [0.15, 0.2) is 12.4 Å². The lowest BCUT2D eigenvalue weighted by molar-refractivity contribution is -0.292. The fraction of sp³-hybridized carbons (Fsp3) is 0.875. The number of hydrogen-bond acceptors (Lipinski definition) is 6. The Hall–Kier alpha value is -0.730. The largest absolute Gasteiger partial charge is 0.479 e. The van der Waals surface area contributed by atoms with Crippen molar-refractivity contribution in [2.75, 3.05) is 6.61 Å². The predicted octanol–water partition coefficient (Wildman–Crippen LogP) is -2.08. The van der Waals surface area contributed by atoms with Crippen LogP contribution in [0.1, 0.15) is 6.92 Å². The molecule has 0 aliphatic carbocycles. The summed E-state index contributed by atoms with van der Waals surface area (Å²) < 4.78 is 9.69. The second kappa shape index (κ2) is 4.86. The van der Waals surface area contributed by atoms with Gasteiger partial charge in [-0.25, -0.2) is 4.79 Å². The van der Waals surface area contributed by atoms with Crippen molar-refractivity contribution in [3.8, 4) is 0 Å². The van der Waals surface area contributed by atoms with Crippen molar-refractivity contribution in [1.29, 1.82) is 0 Å². The third-order valence-corrected chi connectivity index (χ3v) is 2.14. The number of aliphatic carboxylic acids is 1. The van der Waals surface area contributed by atoms with Gasteiger partial charge in [-0.2, -0.15) is 0 Å². The number of aliphatic hydroxyl groups is 3. The van der Waals surface area contributed by atoms with E-state index in [0.29, 0.717) is 0 Å². The molecule has 1 aliphatic rings. The van der Waals surface area contributed by atoms with Crippen LogP contribution in [0.5, 0.6) is 0 Å². The zero-order chi connectivity index (χ0) is 11.6. The monoisotopic (exact) mass is 222 g/mol. The average Bonchev–Trinajstić information content (AvgIpc) is 2.18. The summed E-state index contributed by atoms with van der Waals surface area (Å²) in [6.07, 6.45) is -7.57. The van der Waals surface area contributed by atoms with Gasteiger partial charge in [0.1, 0.15) is 18.3 Å². The van der Waals surface area contributed by atoms with Gasteiger partial charge >= 0.3 is 5.97 Å². The van der Waals surface area contributed by atoms with Gasteiger partial charge in [0.05, 0.1) is 0 Å². The highest BCUT2D eigenvalue weighted by atomic mass is 16.7. The number of hydrogen-bond donors (Lipinski definition) is 4. The Morgan fingerprint density at radius 2 is 1.87 bits per heavy atom. The normalized spacial score (nSPS) is 41.5. The van der Waals surface area contributed by atoms with Crippen LogP contribution in [0, 0.1) is 0 Å². The molecule has 0 saturated carbocycles. The van der Waals surface area contributed by atoms with E-state index in [4.69, 9.17) is 14.6 Å². The van der Waals surface area contributed by atoms with Gasteiger partial charge in [-0.05, 0) is 6.92 Å². The van der Waals surface area contributed by atoms with E-state index in [1.807, 2.05) is 0 Å². The van der Waals surface area contributed by atoms with Crippen molar-refractivity contribution in [3.63, 3.8) is 0 Å². The number of carbonyl (C=O) groups is 1. The van der Waals surface area contributed by atoms with E-state index in [0.717, 1.165) is 0 Å².